The standard InChI is InChI=1S/C6H13N/c1-4-6-5(2)7(6)3/h5-6H,4H2,1-3H3. The zero-order valence-corrected chi connectivity index (χ0v) is 5.31. The first-order chi connectivity index (χ1) is 3.27. The number of hydrogen-bond donors (Lipinski definition) is 0. The van der Waals surface area contributed by atoms with Crippen LogP contribution in [-0.2, 0) is 0 Å². The third kappa shape index (κ3) is 0.653. The molecule has 1 aliphatic rings. The molecule has 1 aliphatic heterocycles. The van der Waals surface area contributed by atoms with Gasteiger partial charge in [-0.2, -0.15) is 0 Å². The van der Waals surface area contributed by atoms with Crippen LogP contribution in [-0.4, -0.2) is 24.0 Å². The number of rotatable bonds is 1. The smallest absolute Gasteiger partial charge is 0.0246 e. The van der Waals surface area contributed by atoms with Crippen LogP contribution < -0.4 is 0 Å². The van der Waals surface area contributed by atoms with Crippen molar-refractivity contribution in [3.05, 3.63) is 0 Å². The maximum atomic E-state index is 2.39. The molecule has 1 nitrogen and oxygen atoms in total. The zero-order valence-electron chi connectivity index (χ0n) is 5.31. The summed E-state index contributed by atoms with van der Waals surface area (Å²) in [4.78, 5) is 2.39. The molecule has 0 aromatic carbocycles. The number of likely N-dealkylation sites (N-methyl/N-ethyl adjacent to an activating group) is 1. The van der Waals surface area contributed by atoms with Gasteiger partial charge in [0.2, 0.25) is 0 Å². The lowest BCUT2D eigenvalue weighted by Crippen LogP contribution is -1.89. The Bertz CT molecular complexity index is 62.6. The normalized spacial score (nSPS) is 49.3. The molecular weight excluding hydrogens is 86.1 g/mol. The van der Waals surface area contributed by atoms with Crippen molar-refractivity contribution in [1.82, 2.24) is 4.90 Å². The van der Waals surface area contributed by atoms with Crippen molar-refractivity contribution in [3.8, 4) is 0 Å². The molecule has 0 bridgehead atoms. The Morgan fingerprint density at radius 2 is 2.00 bits per heavy atom. The summed E-state index contributed by atoms with van der Waals surface area (Å²) < 4.78 is 0. The van der Waals surface area contributed by atoms with Crippen molar-refractivity contribution in [1.29, 1.82) is 0 Å². The highest BCUT2D eigenvalue weighted by Gasteiger charge is 2.37. The van der Waals surface area contributed by atoms with Gasteiger partial charge in [0.1, 0.15) is 0 Å². The maximum absolute atomic E-state index is 2.39. The van der Waals surface area contributed by atoms with E-state index in [4.69, 9.17) is 0 Å². The van der Waals surface area contributed by atoms with Gasteiger partial charge in [0.05, 0.1) is 0 Å². The molecule has 0 saturated carbocycles. The van der Waals surface area contributed by atoms with E-state index in [0.717, 1.165) is 12.1 Å². The molecule has 1 heterocycles. The first kappa shape index (κ1) is 5.10. The highest BCUT2D eigenvalue weighted by atomic mass is 15.3. The first-order valence-electron chi connectivity index (χ1n) is 2.99. The number of hydrogen-bond acceptors (Lipinski definition) is 1. The fourth-order valence-electron chi connectivity index (χ4n) is 1.20. The summed E-state index contributed by atoms with van der Waals surface area (Å²) in [5.74, 6) is 0. The molecule has 0 aromatic heterocycles. The largest absolute Gasteiger partial charge is 0.298 e. The topological polar surface area (TPSA) is 3.01 Å². The van der Waals surface area contributed by atoms with E-state index in [1.807, 2.05) is 0 Å². The molecule has 0 amide bonds. The predicted octanol–water partition coefficient (Wildman–Crippen LogP) is 1.10. The van der Waals surface area contributed by atoms with Crippen molar-refractivity contribution in [2.45, 2.75) is 32.4 Å². The van der Waals surface area contributed by atoms with E-state index in [0.29, 0.717) is 0 Å². The molecule has 1 heteroatoms. The van der Waals surface area contributed by atoms with Crippen LogP contribution in [0.3, 0.4) is 0 Å². The molecular formula is C6H13N. The minimum absolute atomic E-state index is 0.866. The predicted molar refractivity (Wildman–Crippen MR) is 31.3 cm³/mol. The highest BCUT2D eigenvalue weighted by Crippen LogP contribution is 2.26. The summed E-state index contributed by atoms with van der Waals surface area (Å²) in [6, 6.07) is 1.77. The van der Waals surface area contributed by atoms with E-state index in [1.54, 1.807) is 0 Å². The first-order valence-corrected chi connectivity index (χ1v) is 2.99. The lowest BCUT2D eigenvalue weighted by Gasteiger charge is -1.82. The van der Waals surface area contributed by atoms with E-state index < -0.39 is 0 Å². The molecule has 3 atom stereocenters. The van der Waals surface area contributed by atoms with Gasteiger partial charge in [-0.15, -0.1) is 0 Å². The van der Waals surface area contributed by atoms with E-state index in [9.17, 15) is 0 Å². The minimum atomic E-state index is 0.866. The third-order valence-corrected chi connectivity index (χ3v) is 2.05. The van der Waals surface area contributed by atoms with Crippen LogP contribution in [0.5, 0.6) is 0 Å². The lowest BCUT2D eigenvalue weighted by molar-refractivity contribution is 0.583. The lowest BCUT2D eigenvalue weighted by atomic mass is 10.3. The maximum Gasteiger partial charge on any atom is 0.0246 e. The van der Waals surface area contributed by atoms with Crippen LogP contribution in [0.2, 0.25) is 0 Å². The Balaban J connectivity index is 2.24. The average molecular weight is 99.2 g/mol. The molecule has 0 aliphatic carbocycles. The Hall–Kier alpha value is -0.0400. The van der Waals surface area contributed by atoms with E-state index in [-0.39, 0.29) is 0 Å². The molecule has 0 N–H and O–H groups in total. The Labute approximate surface area is 45.3 Å². The molecule has 3 unspecified atom stereocenters. The monoisotopic (exact) mass is 99.1 g/mol. The summed E-state index contributed by atoms with van der Waals surface area (Å²) in [5.41, 5.74) is 0. The van der Waals surface area contributed by atoms with Crippen LogP contribution in [0, 0.1) is 0 Å². The minimum Gasteiger partial charge on any atom is -0.298 e. The fraction of sp³-hybridized carbons (Fsp3) is 1.00. The van der Waals surface area contributed by atoms with Crippen LogP contribution >= 0.6 is 0 Å². The van der Waals surface area contributed by atoms with Crippen LogP contribution in [0.15, 0.2) is 0 Å². The van der Waals surface area contributed by atoms with Crippen molar-refractivity contribution in [2.24, 2.45) is 0 Å². The van der Waals surface area contributed by atoms with Gasteiger partial charge in [0.15, 0.2) is 0 Å². The van der Waals surface area contributed by atoms with Gasteiger partial charge in [0.25, 0.3) is 0 Å². The van der Waals surface area contributed by atoms with Crippen LogP contribution in [0.4, 0.5) is 0 Å². The Morgan fingerprint density at radius 3 is 2.00 bits per heavy atom. The van der Waals surface area contributed by atoms with Gasteiger partial charge >= 0.3 is 0 Å². The summed E-state index contributed by atoms with van der Waals surface area (Å²) in [6.45, 7) is 4.51. The third-order valence-electron chi connectivity index (χ3n) is 2.05. The molecule has 0 aromatic rings. The van der Waals surface area contributed by atoms with Crippen molar-refractivity contribution < 1.29 is 0 Å². The summed E-state index contributed by atoms with van der Waals surface area (Å²) >= 11 is 0. The second-order valence-electron chi connectivity index (χ2n) is 2.38. The van der Waals surface area contributed by atoms with Crippen molar-refractivity contribution >= 4 is 0 Å². The van der Waals surface area contributed by atoms with Crippen LogP contribution in [0.1, 0.15) is 20.3 Å². The van der Waals surface area contributed by atoms with Gasteiger partial charge in [-0.3, -0.25) is 4.90 Å². The second kappa shape index (κ2) is 1.48. The molecule has 0 radical (unpaired) electrons. The highest BCUT2D eigenvalue weighted by molar-refractivity contribution is 4.94. The quantitative estimate of drug-likeness (QED) is 0.445. The summed E-state index contributed by atoms with van der Waals surface area (Å²) in [6.07, 6.45) is 1.32. The van der Waals surface area contributed by atoms with Gasteiger partial charge in [-0.05, 0) is 20.4 Å². The summed E-state index contributed by atoms with van der Waals surface area (Å²) in [5, 5.41) is 0. The molecule has 42 valence electrons. The van der Waals surface area contributed by atoms with E-state index in [2.05, 4.69) is 25.8 Å². The van der Waals surface area contributed by atoms with Gasteiger partial charge in [-0.25, -0.2) is 0 Å². The molecule has 7 heavy (non-hydrogen) atoms. The van der Waals surface area contributed by atoms with Gasteiger partial charge < -0.3 is 0 Å². The Morgan fingerprint density at radius 1 is 1.57 bits per heavy atom. The average Bonchev–Trinajstić information content (AvgIpc) is 2.17. The molecule has 1 saturated heterocycles. The SMILES string of the molecule is CCC1C(C)N1C. The zero-order chi connectivity index (χ0) is 5.44. The molecule has 1 fully saturated rings. The van der Waals surface area contributed by atoms with Gasteiger partial charge in [0, 0.05) is 12.1 Å². The van der Waals surface area contributed by atoms with Gasteiger partial charge in [-0.1, -0.05) is 6.92 Å². The fourth-order valence-corrected chi connectivity index (χ4v) is 1.20. The Kier molecular flexibility index (Phi) is 1.08. The van der Waals surface area contributed by atoms with E-state index >= 15 is 0 Å². The molecule has 0 spiro atoms. The second-order valence-corrected chi connectivity index (χ2v) is 2.38. The van der Waals surface area contributed by atoms with Crippen molar-refractivity contribution in [2.75, 3.05) is 7.05 Å². The number of nitrogens with zero attached hydrogens (tertiary/aromatic N) is 1. The van der Waals surface area contributed by atoms with Crippen LogP contribution in [0.25, 0.3) is 0 Å². The van der Waals surface area contributed by atoms with Crippen molar-refractivity contribution in [3.63, 3.8) is 0 Å². The summed E-state index contributed by atoms with van der Waals surface area (Å²) in [7, 11) is 2.18. The molecule has 1 rings (SSSR count). The van der Waals surface area contributed by atoms with E-state index in [1.165, 1.54) is 6.42 Å².